The third-order valence-electron chi connectivity index (χ3n) is 9.01. The van der Waals surface area contributed by atoms with Crippen LogP contribution in [0.25, 0.3) is 65.3 Å². The molecule has 0 spiro atoms. The van der Waals surface area contributed by atoms with Gasteiger partial charge in [0.1, 0.15) is 17.2 Å². The molecule has 13 heteroatoms. The maximum Gasteiger partial charge on any atom is 1.00 e. The van der Waals surface area contributed by atoms with Crippen molar-refractivity contribution in [2.45, 2.75) is 13.2 Å². The average Bonchev–Trinajstić information content (AvgIpc) is 3.10. The first-order valence-corrected chi connectivity index (χ1v) is 15.4. The summed E-state index contributed by atoms with van der Waals surface area (Å²) < 4.78 is 6.22. The van der Waals surface area contributed by atoms with Crippen LogP contribution in [0.15, 0.2) is 133 Å². The van der Waals surface area contributed by atoms with Crippen LogP contribution in [0.1, 0.15) is 11.1 Å². The summed E-state index contributed by atoms with van der Waals surface area (Å²) >= 11 is 0. The third-order valence-corrected chi connectivity index (χ3v) is 9.01. The Morgan fingerprint density at radius 2 is 0.764 bits per heavy atom. The van der Waals surface area contributed by atoms with Gasteiger partial charge in [-0.15, -0.1) is 5.75 Å². The van der Waals surface area contributed by atoms with Crippen LogP contribution < -0.4 is 118 Å². The number of phenols is 3. The summed E-state index contributed by atoms with van der Waals surface area (Å²) in [5.74, 6) is -0.0960. The Morgan fingerprint density at radius 3 is 1.22 bits per heavy atom. The summed E-state index contributed by atoms with van der Waals surface area (Å²) in [6.07, 6.45) is 0. The zero-order valence-corrected chi connectivity index (χ0v) is 35.7. The van der Waals surface area contributed by atoms with Crippen molar-refractivity contribution in [2.75, 3.05) is 0 Å². The van der Waals surface area contributed by atoms with Crippen molar-refractivity contribution in [1.82, 2.24) is 0 Å². The first-order valence-electron chi connectivity index (χ1n) is 15.4. The number of rotatable bonds is 6. The molecule has 3 N–H and O–H groups in total. The second-order valence-electron chi connectivity index (χ2n) is 11.8. The molecule has 0 amide bonds. The molecular weight excluding hydrogens is 788 g/mol. The Morgan fingerprint density at radius 1 is 0.418 bits per heavy atom. The molecule has 3 radical (unpaired) electrons. The molecule has 0 saturated heterocycles. The van der Waals surface area contributed by atoms with Crippen molar-refractivity contribution >= 4 is 62.9 Å². The van der Waals surface area contributed by atoms with E-state index in [1.807, 2.05) is 115 Å². The first kappa shape index (κ1) is 52.9. The van der Waals surface area contributed by atoms with Crippen LogP contribution in [0.4, 0.5) is 0 Å². The average molecular weight is 818 g/mol. The number of aromatic hydroxyl groups is 3. The van der Waals surface area contributed by atoms with Crippen LogP contribution in [-0.4, -0.2) is 35.1 Å². The summed E-state index contributed by atoms with van der Waals surface area (Å²) in [6, 6.07) is 41.5. The quantitative estimate of drug-likeness (QED) is 0.145. The van der Waals surface area contributed by atoms with Crippen molar-refractivity contribution in [3.05, 3.63) is 145 Å². The molecule has 0 aromatic heterocycles. The minimum Gasteiger partial charge on any atom is -1.00 e. The molecule has 0 unspecified atom stereocenters. The molecule has 0 fully saturated rings. The van der Waals surface area contributed by atoms with Crippen LogP contribution >= 0.6 is 0 Å². The fourth-order valence-corrected chi connectivity index (χ4v) is 6.82. The van der Waals surface area contributed by atoms with Crippen LogP contribution in [0, 0.1) is 0 Å². The molecule has 0 heterocycles. The summed E-state index contributed by atoms with van der Waals surface area (Å²) in [6.45, 7) is 0.0710. The van der Waals surface area contributed by atoms with Crippen LogP contribution in [0.5, 0.6) is 23.0 Å². The van der Waals surface area contributed by atoms with Gasteiger partial charge in [-0.1, -0.05) is 115 Å². The minimum absolute atomic E-state index is 0. The van der Waals surface area contributed by atoms with E-state index < -0.39 is 0 Å². The zero-order valence-electron chi connectivity index (χ0n) is 31.0. The van der Waals surface area contributed by atoms with E-state index in [1.165, 1.54) is 0 Å². The molecule has 8 aromatic rings. The minimum atomic E-state index is -0.174. The molecule has 0 aliphatic rings. The largest absolute Gasteiger partial charge is 1.00 e. The number of ether oxygens (including phenoxy) is 1. The topological polar surface area (TPSA) is 93.0 Å². The molecule has 0 atom stereocenters. The van der Waals surface area contributed by atoms with Gasteiger partial charge in [0, 0.05) is 47.6 Å². The fourth-order valence-electron chi connectivity index (χ4n) is 6.82. The molecule has 255 valence electrons. The summed E-state index contributed by atoms with van der Waals surface area (Å²) in [4.78, 5) is 0. The van der Waals surface area contributed by atoms with E-state index in [0.29, 0.717) is 33.4 Å². The molecular formula is C42H29Cl3GaLi4O5. The van der Waals surface area contributed by atoms with Gasteiger partial charge in [0.15, 0.2) is 0 Å². The Labute approximate surface area is 399 Å². The molecule has 55 heavy (non-hydrogen) atoms. The molecule has 0 aliphatic heterocycles. The molecule has 5 nitrogen and oxygen atoms in total. The fraction of sp³-hybridized carbons (Fsp3) is 0.0476. The summed E-state index contributed by atoms with van der Waals surface area (Å²) in [7, 11) is 0. The standard InChI is InChI=1S/C42H30O5.3ClH.Ga.4Li/c43-35-19-17-25-9-1-5-13-31(25)37(35)39-33-15-7-3-11-27(33)21-29(41(39)45)23-47-24-30-22-28-12-4-8-16-34(28)40(42(30)46)38-32-14-6-2-10-26(32)18-20-36(38)44;;;;;;;;/h1-22,43-46H,23-24H2;3*1H;;;;;/q;;;;;4*+1/p-4. The van der Waals surface area contributed by atoms with Gasteiger partial charge in [-0.2, -0.15) is 0 Å². The first-order chi connectivity index (χ1) is 23.0. The van der Waals surface area contributed by atoms with Crippen molar-refractivity contribution in [2.24, 2.45) is 0 Å². The molecule has 8 rings (SSSR count). The third kappa shape index (κ3) is 9.94. The van der Waals surface area contributed by atoms with E-state index in [1.54, 1.807) is 18.2 Å². The second-order valence-corrected chi connectivity index (χ2v) is 11.8. The van der Waals surface area contributed by atoms with Gasteiger partial charge in [-0.25, -0.2) is 0 Å². The smallest absolute Gasteiger partial charge is 1.00 e. The van der Waals surface area contributed by atoms with E-state index >= 15 is 0 Å². The molecule has 0 aliphatic carbocycles. The van der Waals surface area contributed by atoms with Gasteiger partial charge < -0.3 is 62.4 Å². The van der Waals surface area contributed by atoms with E-state index in [2.05, 4.69) is 0 Å². The van der Waals surface area contributed by atoms with E-state index in [-0.39, 0.29) is 169 Å². The van der Waals surface area contributed by atoms with E-state index in [4.69, 9.17) is 4.74 Å². The maximum atomic E-state index is 13.4. The summed E-state index contributed by atoms with van der Waals surface area (Å²) in [5.41, 5.74) is 3.08. The zero-order chi connectivity index (χ0) is 32.1. The van der Waals surface area contributed by atoms with Crippen molar-refractivity contribution < 1.29 is 138 Å². The van der Waals surface area contributed by atoms with Crippen LogP contribution in [0.3, 0.4) is 0 Å². The Bertz CT molecular complexity index is 2370. The number of fused-ring (bicyclic) bond motifs is 4. The normalized spacial score (nSPS) is 9.89. The van der Waals surface area contributed by atoms with Gasteiger partial charge >= 0.3 is 75.4 Å². The number of halogens is 3. The van der Waals surface area contributed by atoms with Crippen LogP contribution in [0.2, 0.25) is 0 Å². The Kier molecular flexibility index (Phi) is 21.8. The molecule has 0 bridgehead atoms. The van der Waals surface area contributed by atoms with Gasteiger partial charge in [0.05, 0.1) is 13.2 Å². The molecule has 8 aromatic carbocycles. The SMILES string of the molecule is [Cl-].[Cl-].[Cl-].[Ga].[Li+].[Li+].[Li+].[Li+].[O-]c1ccc2ccccc2c1-c1c(O)c(COCc2cc3ccccc3c(-c3c(O)ccc4ccccc34)c2O)cc2ccccc12. The summed E-state index contributed by atoms with van der Waals surface area (Å²) in [5, 5.41) is 54.7. The maximum absolute atomic E-state index is 13.4. The van der Waals surface area contributed by atoms with Crippen LogP contribution in [-0.2, 0) is 18.0 Å². The second kappa shape index (κ2) is 22.7. The number of phenolic OH excluding ortho intramolecular Hbond substituents is 3. The Balaban J connectivity index is 0.00000364. The number of hydrogen-bond acceptors (Lipinski definition) is 5. The Hall–Kier alpha value is -2.14. The predicted molar refractivity (Wildman–Crippen MR) is 192 cm³/mol. The van der Waals surface area contributed by atoms with E-state index in [9.17, 15) is 20.4 Å². The van der Waals surface area contributed by atoms with Crippen molar-refractivity contribution in [1.29, 1.82) is 0 Å². The number of benzene rings is 8. The van der Waals surface area contributed by atoms with Crippen molar-refractivity contribution in [3.63, 3.8) is 0 Å². The van der Waals surface area contributed by atoms with Crippen molar-refractivity contribution in [3.8, 4) is 45.3 Å². The van der Waals surface area contributed by atoms with E-state index in [0.717, 1.165) is 43.1 Å². The van der Waals surface area contributed by atoms with Gasteiger partial charge in [-0.05, 0) is 66.9 Å². The monoisotopic (exact) mass is 815 g/mol. The predicted octanol–water partition coefficient (Wildman–Crippen LogP) is -11.8. The molecule has 0 saturated carbocycles. The number of hydrogen-bond donors (Lipinski definition) is 3. The van der Waals surface area contributed by atoms with Gasteiger partial charge in [0.2, 0.25) is 0 Å². The van der Waals surface area contributed by atoms with Gasteiger partial charge in [-0.3, -0.25) is 0 Å². The van der Waals surface area contributed by atoms with Gasteiger partial charge in [0.25, 0.3) is 0 Å².